The van der Waals surface area contributed by atoms with Crippen molar-refractivity contribution in [3.63, 3.8) is 0 Å². The van der Waals surface area contributed by atoms with Gasteiger partial charge in [0.25, 0.3) is 5.56 Å². The highest BCUT2D eigenvalue weighted by Crippen LogP contribution is 2.22. The fourth-order valence-corrected chi connectivity index (χ4v) is 1.82. The van der Waals surface area contributed by atoms with Gasteiger partial charge in [0.05, 0.1) is 17.9 Å². The van der Waals surface area contributed by atoms with Crippen molar-refractivity contribution in [1.82, 2.24) is 10.2 Å². The van der Waals surface area contributed by atoms with Gasteiger partial charge in [0, 0.05) is 5.56 Å². The van der Waals surface area contributed by atoms with Crippen molar-refractivity contribution in [2.75, 3.05) is 6.61 Å². The van der Waals surface area contributed by atoms with Crippen molar-refractivity contribution < 1.29 is 9.53 Å². The molecule has 0 aliphatic heterocycles. The first-order valence-electron chi connectivity index (χ1n) is 6.81. The molecule has 0 bridgehead atoms. The van der Waals surface area contributed by atoms with Gasteiger partial charge in [0.1, 0.15) is 5.75 Å². The Balaban J connectivity index is 2.34. The van der Waals surface area contributed by atoms with Crippen LogP contribution < -0.4 is 10.3 Å². The second-order valence-electron chi connectivity index (χ2n) is 5.28. The second-order valence-corrected chi connectivity index (χ2v) is 5.28. The van der Waals surface area contributed by atoms with Gasteiger partial charge in [-0.2, -0.15) is 5.10 Å². The summed E-state index contributed by atoms with van der Waals surface area (Å²) in [5.74, 6) is 0.884. The third-order valence-corrected chi connectivity index (χ3v) is 2.90. The molecule has 0 aliphatic carbocycles. The van der Waals surface area contributed by atoms with Crippen molar-refractivity contribution in [2.45, 2.75) is 20.8 Å². The molecule has 1 heterocycles. The Morgan fingerprint density at radius 1 is 1.33 bits per heavy atom. The maximum absolute atomic E-state index is 11.5. The molecule has 21 heavy (non-hydrogen) atoms. The standard InChI is InChI=1S/C16H18N2O3/c1-10(2)9-21-13-6-4-5-12(7-13)15-8-14(11(3)19)16(20)18-17-15/h4-8,10H,9H2,1-3H3,(H,18,20). The van der Waals surface area contributed by atoms with Gasteiger partial charge >= 0.3 is 0 Å². The lowest BCUT2D eigenvalue weighted by Crippen LogP contribution is -2.17. The van der Waals surface area contributed by atoms with Crippen LogP contribution in [-0.4, -0.2) is 22.6 Å². The van der Waals surface area contributed by atoms with Gasteiger partial charge in [-0.25, -0.2) is 5.10 Å². The van der Waals surface area contributed by atoms with Crippen LogP contribution in [0.1, 0.15) is 31.1 Å². The van der Waals surface area contributed by atoms with E-state index in [-0.39, 0.29) is 11.3 Å². The molecule has 110 valence electrons. The van der Waals surface area contributed by atoms with Crippen molar-refractivity contribution in [1.29, 1.82) is 0 Å². The molecule has 0 spiro atoms. The summed E-state index contributed by atoms with van der Waals surface area (Å²) in [6, 6.07) is 8.91. The van der Waals surface area contributed by atoms with E-state index in [2.05, 4.69) is 24.0 Å². The summed E-state index contributed by atoms with van der Waals surface area (Å²) >= 11 is 0. The number of benzene rings is 1. The molecule has 5 heteroatoms. The number of hydrogen-bond donors (Lipinski definition) is 1. The average molecular weight is 286 g/mol. The fourth-order valence-electron chi connectivity index (χ4n) is 1.82. The number of aromatic nitrogens is 2. The van der Waals surface area contributed by atoms with E-state index in [1.54, 1.807) is 0 Å². The minimum absolute atomic E-state index is 0.105. The highest BCUT2D eigenvalue weighted by Gasteiger charge is 2.09. The number of carbonyl (C=O) groups is 1. The number of nitrogens with zero attached hydrogens (tertiary/aromatic N) is 1. The lowest BCUT2D eigenvalue weighted by Gasteiger charge is -2.10. The van der Waals surface area contributed by atoms with E-state index < -0.39 is 5.56 Å². The molecule has 0 atom stereocenters. The van der Waals surface area contributed by atoms with Crippen LogP contribution in [0.2, 0.25) is 0 Å². The zero-order chi connectivity index (χ0) is 15.4. The summed E-state index contributed by atoms with van der Waals surface area (Å²) in [5, 5.41) is 6.33. The first kappa shape index (κ1) is 15.0. The third kappa shape index (κ3) is 3.78. The van der Waals surface area contributed by atoms with Gasteiger partial charge in [-0.3, -0.25) is 9.59 Å². The molecule has 2 aromatic rings. The Kier molecular flexibility index (Phi) is 4.52. The van der Waals surface area contributed by atoms with E-state index >= 15 is 0 Å². The van der Waals surface area contributed by atoms with Crippen LogP contribution in [-0.2, 0) is 0 Å². The Morgan fingerprint density at radius 3 is 2.76 bits per heavy atom. The number of carbonyl (C=O) groups excluding carboxylic acids is 1. The predicted molar refractivity (Wildman–Crippen MR) is 80.6 cm³/mol. The monoisotopic (exact) mass is 286 g/mol. The molecule has 0 saturated heterocycles. The maximum Gasteiger partial charge on any atom is 0.275 e. The van der Waals surface area contributed by atoms with E-state index in [1.807, 2.05) is 24.3 Å². The van der Waals surface area contributed by atoms with Gasteiger partial charge in [-0.1, -0.05) is 26.0 Å². The number of aromatic amines is 1. The second kappa shape index (κ2) is 6.35. The van der Waals surface area contributed by atoms with Crippen LogP contribution >= 0.6 is 0 Å². The van der Waals surface area contributed by atoms with Crippen LogP contribution in [0.4, 0.5) is 0 Å². The molecule has 0 fully saturated rings. The van der Waals surface area contributed by atoms with Crippen LogP contribution in [0.25, 0.3) is 11.3 Å². The van der Waals surface area contributed by atoms with Crippen LogP contribution in [0.15, 0.2) is 35.1 Å². The number of nitrogens with one attached hydrogen (secondary N) is 1. The molecule has 1 N–H and O–H groups in total. The van der Waals surface area contributed by atoms with Crippen LogP contribution in [0, 0.1) is 5.92 Å². The number of H-pyrrole nitrogens is 1. The molecular weight excluding hydrogens is 268 g/mol. The summed E-state index contributed by atoms with van der Waals surface area (Å²) in [6.07, 6.45) is 0. The average Bonchev–Trinajstić information content (AvgIpc) is 2.45. The van der Waals surface area contributed by atoms with Gasteiger partial charge in [0.2, 0.25) is 0 Å². The normalized spacial score (nSPS) is 10.7. The van der Waals surface area contributed by atoms with Gasteiger partial charge in [-0.15, -0.1) is 0 Å². The molecule has 1 aromatic heterocycles. The third-order valence-electron chi connectivity index (χ3n) is 2.90. The maximum atomic E-state index is 11.5. The molecule has 0 saturated carbocycles. The van der Waals surface area contributed by atoms with Crippen molar-refractivity contribution in [2.24, 2.45) is 5.92 Å². The highest BCUT2D eigenvalue weighted by atomic mass is 16.5. The van der Waals surface area contributed by atoms with Crippen molar-refractivity contribution >= 4 is 5.78 Å². The summed E-state index contributed by atoms with van der Waals surface area (Å²) in [5.41, 5.74) is 0.955. The Labute approximate surface area is 123 Å². The number of ether oxygens (including phenoxy) is 1. The lowest BCUT2D eigenvalue weighted by atomic mass is 10.1. The smallest absolute Gasteiger partial charge is 0.275 e. The summed E-state index contributed by atoms with van der Waals surface area (Å²) in [6.45, 7) is 6.14. The molecule has 2 rings (SSSR count). The minimum atomic E-state index is -0.474. The van der Waals surface area contributed by atoms with Gasteiger partial charge < -0.3 is 4.74 Å². The lowest BCUT2D eigenvalue weighted by molar-refractivity contribution is 0.101. The molecule has 0 radical (unpaired) electrons. The first-order chi connectivity index (χ1) is 9.97. The van der Waals surface area contributed by atoms with Crippen molar-refractivity contribution in [3.05, 3.63) is 46.2 Å². The Bertz CT molecular complexity index is 705. The number of hydrogen-bond acceptors (Lipinski definition) is 4. The first-order valence-corrected chi connectivity index (χ1v) is 6.81. The summed E-state index contributed by atoms with van der Waals surface area (Å²) in [7, 11) is 0. The predicted octanol–water partition coefficient (Wildman–Crippen LogP) is 2.67. The van der Waals surface area contributed by atoms with Crippen molar-refractivity contribution in [3.8, 4) is 17.0 Å². The number of ketones is 1. The van der Waals surface area contributed by atoms with Gasteiger partial charge in [-0.05, 0) is 31.0 Å². The summed E-state index contributed by atoms with van der Waals surface area (Å²) < 4.78 is 5.66. The number of Topliss-reactive ketones (excluding diaryl/α,β-unsaturated/α-hetero) is 1. The Hall–Kier alpha value is -2.43. The quantitative estimate of drug-likeness (QED) is 0.858. The number of rotatable bonds is 5. The minimum Gasteiger partial charge on any atom is -0.493 e. The molecule has 1 aromatic carbocycles. The zero-order valence-corrected chi connectivity index (χ0v) is 12.3. The SMILES string of the molecule is CC(=O)c1cc(-c2cccc(OCC(C)C)c2)n[nH]c1=O. The zero-order valence-electron chi connectivity index (χ0n) is 12.3. The molecule has 0 amide bonds. The van der Waals surface area contributed by atoms with Gasteiger partial charge in [0.15, 0.2) is 5.78 Å². The largest absolute Gasteiger partial charge is 0.493 e. The van der Waals surface area contributed by atoms with E-state index in [0.29, 0.717) is 18.2 Å². The van der Waals surface area contributed by atoms with E-state index in [4.69, 9.17) is 4.74 Å². The van der Waals surface area contributed by atoms with E-state index in [0.717, 1.165) is 11.3 Å². The molecule has 0 unspecified atom stereocenters. The highest BCUT2D eigenvalue weighted by molar-refractivity contribution is 5.94. The van der Waals surface area contributed by atoms with Crippen LogP contribution in [0.3, 0.4) is 0 Å². The fraction of sp³-hybridized carbons (Fsp3) is 0.312. The molecule has 0 aliphatic rings. The topological polar surface area (TPSA) is 72.0 Å². The molecular formula is C16H18N2O3. The van der Waals surface area contributed by atoms with E-state index in [9.17, 15) is 9.59 Å². The van der Waals surface area contributed by atoms with Crippen LogP contribution in [0.5, 0.6) is 5.75 Å². The summed E-state index contributed by atoms with van der Waals surface area (Å²) in [4.78, 5) is 22.9. The molecule has 5 nitrogen and oxygen atoms in total. The van der Waals surface area contributed by atoms with E-state index in [1.165, 1.54) is 13.0 Å². The Morgan fingerprint density at radius 2 is 2.10 bits per heavy atom.